The SMILES string of the molecule is COC(=O)C1=C(C)N=c2s/c(=C\c3ccccc3)c(=O)n2C1c1cccc([N+](=O)[O-])c1. The zero-order valence-electron chi connectivity index (χ0n) is 16.6. The van der Waals surface area contributed by atoms with E-state index in [4.69, 9.17) is 4.74 Å². The van der Waals surface area contributed by atoms with Crippen molar-refractivity contribution in [2.24, 2.45) is 4.99 Å². The lowest BCUT2D eigenvalue weighted by Crippen LogP contribution is -2.39. The number of fused-ring (bicyclic) bond motifs is 1. The second-order valence-corrected chi connectivity index (χ2v) is 7.85. The standard InChI is InChI=1S/C22H17N3O5S/c1-13-18(21(27)30-2)19(15-9-6-10-16(12-15)25(28)29)24-20(26)17(31-22(24)23-13)11-14-7-4-3-5-8-14/h3-12,19H,1-2H3/b17-11-. The molecule has 9 heteroatoms. The Hall–Kier alpha value is -3.85. The van der Waals surface area contributed by atoms with Gasteiger partial charge >= 0.3 is 5.97 Å². The van der Waals surface area contributed by atoms with Crippen molar-refractivity contribution in [3.8, 4) is 0 Å². The molecular weight excluding hydrogens is 418 g/mol. The van der Waals surface area contributed by atoms with Crippen molar-refractivity contribution in [2.45, 2.75) is 13.0 Å². The van der Waals surface area contributed by atoms with Gasteiger partial charge in [0.15, 0.2) is 4.80 Å². The molecule has 0 amide bonds. The number of aromatic nitrogens is 1. The van der Waals surface area contributed by atoms with Crippen LogP contribution >= 0.6 is 11.3 Å². The minimum atomic E-state index is -0.887. The number of hydrogen-bond acceptors (Lipinski definition) is 7. The molecule has 4 rings (SSSR count). The van der Waals surface area contributed by atoms with Gasteiger partial charge in [0.25, 0.3) is 11.2 Å². The van der Waals surface area contributed by atoms with E-state index in [1.807, 2.05) is 30.3 Å². The maximum absolute atomic E-state index is 13.4. The Labute approximate surface area is 180 Å². The number of allylic oxidation sites excluding steroid dienone is 1. The van der Waals surface area contributed by atoms with Gasteiger partial charge in [0.1, 0.15) is 0 Å². The van der Waals surface area contributed by atoms with Crippen LogP contribution in [0.1, 0.15) is 24.1 Å². The molecule has 0 N–H and O–H groups in total. The van der Waals surface area contributed by atoms with Crippen LogP contribution in [0.15, 0.2) is 75.7 Å². The first kappa shape index (κ1) is 20.4. The molecular formula is C22H17N3O5S. The highest BCUT2D eigenvalue weighted by Crippen LogP contribution is 2.32. The fourth-order valence-electron chi connectivity index (χ4n) is 3.52. The number of ether oxygens (including phenoxy) is 1. The first-order valence-electron chi connectivity index (χ1n) is 9.31. The van der Waals surface area contributed by atoms with E-state index in [9.17, 15) is 19.7 Å². The van der Waals surface area contributed by atoms with Crippen LogP contribution in [0.3, 0.4) is 0 Å². The number of methoxy groups -OCH3 is 1. The van der Waals surface area contributed by atoms with Gasteiger partial charge in [0.05, 0.1) is 33.9 Å². The number of hydrogen-bond donors (Lipinski definition) is 0. The summed E-state index contributed by atoms with van der Waals surface area (Å²) >= 11 is 1.20. The third-order valence-corrected chi connectivity index (χ3v) is 5.90. The molecule has 1 aromatic heterocycles. The molecule has 156 valence electrons. The van der Waals surface area contributed by atoms with Crippen LogP contribution in [0.2, 0.25) is 0 Å². The summed E-state index contributed by atoms with van der Waals surface area (Å²) in [6.45, 7) is 1.66. The summed E-state index contributed by atoms with van der Waals surface area (Å²) in [5.74, 6) is -0.643. The van der Waals surface area contributed by atoms with Gasteiger partial charge in [0, 0.05) is 12.1 Å². The summed E-state index contributed by atoms with van der Waals surface area (Å²) in [4.78, 5) is 41.6. The minimum absolute atomic E-state index is 0.136. The fourth-order valence-corrected chi connectivity index (χ4v) is 4.56. The van der Waals surface area contributed by atoms with E-state index in [0.717, 1.165) is 5.56 Å². The van der Waals surface area contributed by atoms with Gasteiger partial charge in [-0.3, -0.25) is 19.5 Å². The molecule has 31 heavy (non-hydrogen) atoms. The van der Waals surface area contributed by atoms with Crippen LogP contribution in [0.25, 0.3) is 6.08 Å². The third kappa shape index (κ3) is 3.71. The lowest BCUT2D eigenvalue weighted by Gasteiger charge is -2.24. The predicted octanol–water partition coefficient (Wildman–Crippen LogP) is 2.32. The first-order valence-corrected chi connectivity index (χ1v) is 10.1. The monoisotopic (exact) mass is 435 g/mol. The van der Waals surface area contributed by atoms with Gasteiger partial charge in [0.2, 0.25) is 0 Å². The summed E-state index contributed by atoms with van der Waals surface area (Å²) in [6, 6.07) is 14.4. The Bertz CT molecular complexity index is 1400. The Kier molecular flexibility index (Phi) is 5.35. The Balaban J connectivity index is 2.00. The van der Waals surface area contributed by atoms with Crippen LogP contribution in [0.4, 0.5) is 5.69 Å². The number of nitro groups is 1. The summed E-state index contributed by atoms with van der Waals surface area (Å²) in [7, 11) is 1.24. The molecule has 0 spiro atoms. The molecule has 2 aromatic carbocycles. The molecule has 0 aliphatic carbocycles. The van der Waals surface area contributed by atoms with Gasteiger partial charge in [-0.2, -0.15) is 0 Å². The van der Waals surface area contributed by atoms with E-state index in [2.05, 4.69) is 4.99 Å². The summed E-state index contributed by atoms with van der Waals surface area (Å²) in [6.07, 6.45) is 1.76. The number of benzene rings is 2. The average Bonchev–Trinajstić information content (AvgIpc) is 3.07. The minimum Gasteiger partial charge on any atom is -0.466 e. The molecule has 0 saturated heterocycles. The maximum atomic E-state index is 13.4. The average molecular weight is 435 g/mol. The summed E-state index contributed by atoms with van der Waals surface area (Å²) in [5.41, 5.74) is 1.37. The molecule has 0 radical (unpaired) electrons. The molecule has 1 unspecified atom stereocenters. The van der Waals surface area contributed by atoms with Gasteiger partial charge in [-0.25, -0.2) is 9.79 Å². The van der Waals surface area contributed by atoms with Crippen molar-refractivity contribution < 1.29 is 14.5 Å². The fraction of sp³-hybridized carbons (Fsp3) is 0.136. The molecule has 2 heterocycles. The van der Waals surface area contributed by atoms with Crippen molar-refractivity contribution in [3.63, 3.8) is 0 Å². The van der Waals surface area contributed by atoms with Crippen LogP contribution in [0.5, 0.6) is 0 Å². The first-order chi connectivity index (χ1) is 14.9. The Morgan fingerprint density at radius 1 is 1.23 bits per heavy atom. The smallest absolute Gasteiger partial charge is 0.338 e. The van der Waals surface area contributed by atoms with Crippen LogP contribution in [0, 0.1) is 10.1 Å². The summed E-state index contributed by atoms with van der Waals surface area (Å²) in [5, 5.41) is 11.3. The lowest BCUT2D eigenvalue weighted by molar-refractivity contribution is -0.384. The predicted molar refractivity (Wildman–Crippen MR) is 115 cm³/mol. The highest BCUT2D eigenvalue weighted by atomic mass is 32.1. The molecule has 0 bridgehead atoms. The van der Waals surface area contributed by atoms with E-state index < -0.39 is 16.9 Å². The Morgan fingerprint density at radius 2 is 1.97 bits per heavy atom. The number of non-ortho nitro benzene ring substituents is 1. The number of nitro benzene ring substituents is 1. The highest BCUT2D eigenvalue weighted by molar-refractivity contribution is 7.07. The second kappa shape index (κ2) is 8.11. The van der Waals surface area contributed by atoms with E-state index in [-0.39, 0.29) is 16.8 Å². The van der Waals surface area contributed by atoms with E-state index in [1.54, 1.807) is 19.1 Å². The van der Waals surface area contributed by atoms with Crippen molar-refractivity contribution >= 4 is 29.1 Å². The van der Waals surface area contributed by atoms with E-state index in [0.29, 0.717) is 20.6 Å². The van der Waals surface area contributed by atoms with E-state index >= 15 is 0 Å². The molecule has 0 fully saturated rings. The normalized spacial score (nSPS) is 15.9. The van der Waals surface area contributed by atoms with Crippen LogP contribution in [-0.2, 0) is 9.53 Å². The molecule has 3 aromatic rings. The number of carbonyl (C=O) groups excluding carboxylic acids is 1. The van der Waals surface area contributed by atoms with Crippen LogP contribution in [-0.4, -0.2) is 22.6 Å². The lowest BCUT2D eigenvalue weighted by atomic mass is 9.95. The van der Waals surface area contributed by atoms with Gasteiger partial charge in [-0.1, -0.05) is 53.8 Å². The van der Waals surface area contributed by atoms with Crippen molar-refractivity contribution in [1.29, 1.82) is 0 Å². The van der Waals surface area contributed by atoms with Crippen LogP contribution < -0.4 is 14.9 Å². The number of esters is 1. The second-order valence-electron chi connectivity index (χ2n) is 6.84. The topological polar surface area (TPSA) is 104 Å². The van der Waals surface area contributed by atoms with E-state index in [1.165, 1.54) is 41.2 Å². The molecule has 0 saturated carbocycles. The summed E-state index contributed by atoms with van der Waals surface area (Å²) < 4.78 is 6.78. The number of rotatable bonds is 4. The zero-order chi connectivity index (χ0) is 22.1. The van der Waals surface area contributed by atoms with Gasteiger partial charge in [-0.15, -0.1) is 0 Å². The van der Waals surface area contributed by atoms with Crippen molar-refractivity contribution in [1.82, 2.24) is 4.57 Å². The highest BCUT2D eigenvalue weighted by Gasteiger charge is 2.33. The number of nitrogens with zero attached hydrogens (tertiary/aromatic N) is 3. The van der Waals surface area contributed by atoms with Crippen molar-refractivity contribution in [2.75, 3.05) is 7.11 Å². The van der Waals surface area contributed by atoms with Gasteiger partial charge < -0.3 is 4.74 Å². The molecule has 8 nitrogen and oxygen atoms in total. The zero-order valence-corrected chi connectivity index (χ0v) is 17.5. The number of thiazole rings is 1. The molecule has 1 aliphatic heterocycles. The molecule has 1 atom stereocenters. The van der Waals surface area contributed by atoms with Crippen molar-refractivity contribution in [3.05, 3.63) is 107 Å². The number of carbonyl (C=O) groups is 1. The largest absolute Gasteiger partial charge is 0.466 e. The quantitative estimate of drug-likeness (QED) is 0.355. The third-order valence-electron chi connectivity index (χ3n) is 4.92. The Morgan fingerprint density at radius 3 is 2.65 bits per heavy atom. The maximum Gasteiger partial charge on any atom is 0.338 e. The molecule has 1 aliphatic rings. The van der Waals surface area contributed by atoms with Gasteiger partial charge in [-0.05, 0) is 24.1 Å².